The van der Waals surface area contributed by atoms with Crippen LogP contribution in [0.25, 0.3) is 0 Å². The summed E-state index contributed by atoms with van der Waals surface area (Å²) in [6.45, 7) is 3.72. The third-order valence-electron chi connectivity index (χ3n) is 5.33. The molecule has 0 spiro atoms. The molecule has 1 saturated heterocycles. The third kappa shape index (κ3) is 2.77. The maximum atomic E-state index is 13.1. The Morgan fingerprint density at radius 1 is 1.27 bits per heavy atom. The van der Waals surface area contributed by atoms with E-state index in [9.17, 15) is 4.79 Å². The Kier molecular flexibility index (Phi) is 4.24. The first-order valence-electron chi connectivity index (χ1n) is 8.24. The summed E-state index contributed by atoms with van der Waals surface area (Å²) in [6.07, 6.45) is 2.35. The predicted molar refractivity (Wildman–Crippen MR) is 88.4 cm³/mol. The van der Waals surface area contributed by atoms with E-state index < -0.39 is 0 Å². The molecule has 4 heteroatoms. The molecule has 1 saturated carbocycles. The summed E-state index contributed by atoms with van der Waals surface area (Å²) in [5.74, 6) is 1.20. The predicted octanol–water partition coefficient (Wildman–Crippen LogP) is 1.79. The van der Waals surface area contributed by atoms with Crippen LogP contribution in [0.5, 0.6) is 0 Å². The van der Waals surface area contributed by atoms with E-state index >= 15 is 0 Å². The van der Waals surface area contributed by atoms with E-state index in [4.69, 9.17) is 5.73 Å². The molecule has 1 aliphatic carbocycles. The van der Waals surface area contributed by atoms with Crippen molar-refractivity contribution in [1.82, 2.24) is 9.80 Å². The van der Waals surface area contributed by atoms with Gasteiger partial charge in [0.2, 0.25) is 5.91 Å². The number of likely N-dealkylation sites (tertiary alicyclic amines) is 1. The summed E-state index contributed by atoms with van der Waals surface area (Å²) in [7, 11) is 3.96. The van der Waals surface area contributed by atoms with Gasteiger partial charge in [0.15, 0.2) is 0 Å². The van der Waals surface area contributed by atoms with Crippen LogP contribution in [0.1, 0.15) is 30.0 Å². The van der Waals surface area contributed by atoms with Crippen molar-refractivity contribution in [2.75, 3.05) is 27.2 Å². The van der Waals surface area contributed by atoms with Gasteiger partial charge in [-0.25, -0.2) is 0 Å². The average Bonchev–Trinajstić information content (AvgIpc) is 2.69. The van der Waals surface area contributed by atoms with Gasteiger partial charge in [-0.3, -0.25) is 9.69 Å². The highest BCUT2D eigenvalue weighted by Crippen LogP contribution is 2.37. The summed E-state index contributed by atoms with van der Waals surface area (Å²) in [5, 5.41) is 0. The maximum absolute atomic E-state index is 13.1. The zero-order valence-corrected chi connectivity index (χ0v) is 13.8. The van der Waals surface area contributed by atoms with Crippen molar-refractivity contribution in [3.8, 4) is 0 Å². The van der Waals surface area contributed by atoms with E-state index in [1.165, 1.54) is 18.4 Å². The van der Waals surface area contributed by atoms with Crippen LogP contribution >= 0.6 is 0 Å². The van der Waals surface area contributed by atoms with Crippen molar-refractivity contribution in [1.29, 1.82) is 0 Å². The monoisotopic (exact) mass is 301 g/mol. The van der Waals surface area contributed by atoms with E-state index in [1.54, 1.807) is 0 Å². The number of benzene rings is 1. The van der Waals surface area contributed by atoms with Gasteiger partial charge in [-0.05, 0) is 51.3 Å². The summed E-state index contributed by atoms with van der Waals surface area (Å²) < 4.78 is 0. The topological polar surface area (TPSA) is 49.6 Å². The first-order chi connectivity index (χ1) is 10.5. The van der Waals surface area contributed by atoms with Gasteiger partial charge in [0, 0.05) is 19.1 Å². The van der Waals surface area contributed by atoms with Crippen LogP contribution in [0.15, 0.2) is 24.3 Å². The van der Waals surface area contributed by atoms with Crippen LogP contribution in [0.4, 0.5) is 0 Å². The molecular weight excluding hydrogens is 274 g/mol. The molecule has 4 atom stereocenters. The quantitative estimate of drug-likeness (QED) is 0.926. The standard InChI is InChI=1S/C18H27N3O/c1-12-5-4-6-13(9-12)17(20(2)3)18(22)21-10-14-7-8-15(11-21)16(14)19/h4-6,9,14-17H,7-8,10-11,19H2,1-3H3/t14-,15+,16?,17-/m1/s1. The average molecular weight is 301 g/mol. The molecule has 1 heterocycles. The van der Waals surface area contributed by atoms with Gasteiger partial charge < -0.3 is 10.6 Å². The number of hydrogen-bond donors (Lipinski definition) is 1. The van der Waals surface area contributed by atoms with Gasteiger partial charge in [-0.2, -0.15) is 0 Å². The van der Waals surface area contributed by atoms with Crippen LogP contribution in [0, 0.1) is 18.8 Å². The van der Waals surface area contributed by atoms with E-state index in [0.717, 1.165) is 18.7 Å². The molecule has 2 bridgehead atoms. The molecule has 1 unspecified atom stereocenters. The summed E-state index contributed by atoms with van der Waals surface area (Å²) in [6, 6.07) is 8.37. The Morgan fingerprint density at radius 2 is 1.91 bits per heavy atom. The molecule has 22 heavy (non-hydrogen) atoms. The Labute approximate surface area is 133 Å². The summed E-state index contributed by atoms with van der Waals surface area (Å²) in [4.78, 5) is 17.2. The second kappa shape index (κ2) is 6.01. The van der Waals surface area contributed by atoms with Crippen molar-refractivity contribution in [3.63, 3.8) is 0 Å². The van der Waals surface area contributed by atoms with Crippen molar-refractivity contribution >= 4 is 5.91 Å². The first-order valence-corrected chi connectivity index (χ1v) is 8.24. The number of amides is 1. The van der Waals surface area contributed by atoms with E-state index in [2.05, 4.69) is 30.0 Å². The van der Waals surface area contributed by atoms with E-state index in [1.807, 2.05) is 25.1 Å². The first kappa shape index (κ1) is 15.5. The number of piperidine rings is 1. The van der Waals surface area contributed by atoms with Gasteiger partial charge >= 0.3 is 0 Å². The van der Waals surface area contributed by atoms with Crippen molar-refractivity contribution < 1.29 is 4.79 Å². The number of likely N-dealkylation sites (N-methyl/N-ethyl adjacent to an activating group) is 1. The zero-order valence-electron chi connectivity index (χ0n) is 13.8. The minimum absolute atomic E-state index is 0.200. The van der Waals surface area contributed by atoms with Gasteiger partial charge in [-0.1, -0.05) is 29.8 Å². The smallest absolute Gasteiger partial charge is 0.244 e. The van der Waals surface area contributed by atoms with E-state index in [0.29, 0.717) is 17.9 Å². The van der Waals surface area contributed by atoms with Crippen molar-refractivity contribution in [2.45, 2.75) is 31.8 Å². The van der Waals surface area contributed by atoms with Crippen LogP contribution in [0.2, 0.25) is 0 Å². The molecule has 2 N–H and O–H groups in total. The van der Waals surface area contributed by atoms with Gasteiger partial charge in [-0.15, -0.1) is 0 Å². The second-order valence-corrected chi connectivity index (χ2v) is 7.20. The lowest BCUT2D eigenvalue weighted by molar-refractivity contribution is -0.138. The number of nitrogens with zero attached hydrogens (tertiary/aromatic N) is 2. The van der Waals surface area contributed by atoms with Gasteiger partial charge in [0.1, 0.15) is 6.04 Å². The van der Waals surface area contributed by atoms with Crippen LogP contribution in [-0.2, 0) is 4.79 Å². The molecule has 3 rings (SSSR count). The normalized spacial score (nSPS) is 29.0. The van der Waals surface area contributed by atoms with Crippen molar-refractivity contribution in [3.05, 3.63) is 35.4 Å². The highest BCUT2D eigenvalue weighted by Gasteiger charge is 2.42. The highest BCUT2D eigenvalue weighted by atomic mass is 16.2. The Morgan fingerprint density at radius 3 is 2.45 bits per heavy atom. The molecule has 0 aromatic heterocycles. The number of aryl methyl sites for hydroxylation is 1. The number of fused-ring (bicyclic) bond motifs is 2. The summed E-state index contributed by atoms with van der Waals surface area (Å²) >= 11 is 0. The Balaban J connectivity index is 1.82. The highest BCUT2D eigenvalue weighted by molar-refractivity contribution is 5.83. The minimum Gasteiger partial charge on any atom is -0.340 e. The second-order valence-electron chi connectivity index (χ2n) is 7.20. The summed E-state index contributed by atoms with van der Waals surface area (Å²) in [5.41, 5.74) is 8.54. The SMILES string of the molecule is Cc1cccc([C@H](C(=O)N2C[C@H]3CC[C@@H](C2)C3N)N(C)C)c1. The van der Waals surface area contributed by atoms with Gasteiger partial charge in [0.05, 0.1) is 0 Å². The third-order valence-corrected chi connectivity index (χ3v) is 5.33. The van der Waals surface area contributed by atoms with Crippen LogP contribution in [0.3, 0.4) is 0 Å². The van der Waals surface area contributed by atoms with E-state index in [-0.39, 0.29) is 11.9 Å². The number of hydrogen-bond acceptors (Lipinski definition) is 3. The molecule has 2 fully saturated rings. The number of carbonyl (C=O) groups excluding carboxylic acids is 1. The zero-order chi connectivity index (χ0) is 15.9. The molecule has 1 aliphatic heterocycles. The number of carbonyl (C=O) groups is 1. The lowest BCUT2D eigenvalue weighted by Gasteiger charge is -2.39. The van der Waals surface area contributed by atoms with Gasteiger partial charge in [0.25, 0.3) is 0 Å². The fourth-order valence-electron chi connectivity index (χ4n) is 4.12. The molecule has 4 nitrogen and oxygen atoms in total. The molecule has 120 valence electrons. The lowest BCUT2D eigenvalue weighted by Crippen LogP contribution is -2.53. The number of rotatable bonds is 3. The van der Waals surface area contributed by atoms with Crippen LogP contribution < -0.4 is 5.73 Å². The molecule has 1 aromatic carbocycles. The fraction of sp³-hybridized carbons (Fsp3) is 0.611. The molecule has 1 amide bonds. The lowest BCUT2D eigenvalue weighted by atomic mass is 9.92. The molecule has 1 aromatic rings. The Bertz CT molecular complexity index is 543. The molecule has 0 radical (unpaired) electrons. The maximum Gasteiger partial charge on any atom is 0.244 e. The Hall–Kier alpha value is -1.39. The number of nitrogens with two attached hydrogens (primary N) is 1. The molecular formula is C18H27N3O. The minimum atomic E-state index is -0.200. The van der Waals surface area contributed by atoms with Crippen molar-refractivity contribution in [2.24, 2.45) is 17.6 Å². The largest absolute Gasteiger partial charge is 0.340 e. The van der Waals surface area contributed by atoms with Crippen LogP contribution in [-0.4, -0.2) is 48.9 Å². The molecule has 2 aliphatic rings. The fourth-order valence-corrected chi connectivity index (χ4v) is 4.12.